The topological polar surface area (TPSA) is 79.8 Å². The van der Waals surface area contributed by atoms with Gasteiger partial charge in [-0.3, -0.25) is 4.98 Å². The Labute approximate surface area is 143 Å². The van der Waals surface area contributed by atoms with Crippen LogP contribution >= 0.6 is 0 Å². The maximum absolute atomic E-state index is 5.39. The minimum Gasteiger partial charge on any atom is -0.378 e. The van der Waals surface area contributed by atoms with Crippen molar-refractivity contribution < 1.29 is 4.74 Å². The number of nitrogens with zero attached hydrogens (tertiary/aromatic N) is 5. The number of nitrogens with one attached hydrogen (secondary N) is 1. The SMILES string of the molecule is c1cc2[nH]c3nc(-c4ccnc(N5CCOCC5)n4)ccc3c2cn1. The maximum atomic E-state index is 5.39. The maximum Gasteiger partial charge on any atom is 0.226 e. The summed E-state index contributed by atoms with van der Waals surface area (Å²) < 4.78 is 5.39. The smallest absolute Gasteiger partial charge is 0.226 e. The van der Waals surface area contributed by atoms with E-state index in [1.165, 1.54) is 0 Å². The molecular formula is C18H16N6O. The summed E-state index contributed by atoms with van der Waals surface area (Å²) in [6.07, 6.45) is 5.42. The first-order valence-corrected chi connectivity index (χ1v) is 8.27. The van der Waals surface area contributed by atoms with Crippen LogP contribution < -0.4 is 4.90 Å². The standard InChI is InChI=1S/C18H16N6O/c1-2-15(22-17-12(1)13-11-19-5-3-14(13)21-17)16-4-6-20-18(23-16)24-7-9-25-10-8-24/h1-6,11H,7-10H2,(H,21,22). The fourth-order valence-corrected chi connectivity index (χ4v) is 3.17. The van der Waals surface area contributed by atoms with Crippen LogP contribution in [0.1, 0.15) is 0 Å². The molecule has 124 valence electrons. The van der Waals surface area contributed by atoms with Gasteiger partial charge in [-0.1, -0.05) is 0 Å². The van der Waals surface area contributed by atoms with E-state index in [2.05, 4.69) is 25.9 Å². The molecule has 0 atom stereocenters. The Balaban J connectivity index is 1.57. The Hall–Kier alpha value is -3.06. The zero-order valence-corrected chi connectivity index (χ0v) is 13.5. The summed E-state index contributed by atoms with van der Waals surface area (Å²) in [7, 11) is 0. The molecule has 0 aromatic carbocycles. The number of fused-ring (bicyclic) bond motifs is 3. The van der Waals surface area contributed by atoms with Gasteiger partial charge in [-0.25, -0.2) is 15.0 Å². The molecule has 0 radical (unpaired) electrons. The predicted molar refractivity (Wildman–Crippen MR) is 95.5 cm³/mol. The molecule has 1 aliphatic heterocycles. The molecule has 0 amide bonds. The van der Waals surface area contributed by atoms with Gasteiger partial charge in [-0.2, -0.15) is 0 Å². The number of H-pyrrole nitrogens is 1. The van der Waals surface area contributed by atoms with Gasteiger partial charge in [-0.15, -0.1) is 0 Å². The van der Waals surface area contributed by atoms with Crippen LogP contribution in [0, 0.1) is 0 Å². The van der Waals surface area contributed by atoms with Gasteiger partial charge in [0.05, 0.1) is 30.1 Å². The Morgan fingerprint density at radius 3 is 2.72 bits per heavy atom. The summed E-state index contributed by atoms with van der Waals surface area (Å²) in [5.41, 5.74) is 3.51. The summed E-state index contributed by atoms with van der Waals surface area (Å²) in [6.45, 7) is 3.04. The fraction of sp³-hybridized carbons (Fsp3) is 0.222. The molecule has 0 unspecified atom stereocenters. The van der Waals surface area contributed by atoms with Gasteiger partial charge in [0, 0.05) is 42.5 Å². The van der Waals surface area contributed by atoms with Crippen molar-refractivity contribution in [2.45, 2.75) is 0 Å². The predicted octanol–water partition coefficient (Wildman–Crippen LogP) is 2.40. The molecule has 1 saturated heterocycles. The number of anilines is 1. The van der Waals surface area contributed by atoms with Gasteiger partial charge in [-0.05, 0) is 24.3 Å². The van der Waals surface area contributed by atoms with Crippen molar-refractivity contribution in [3.8, 4) is 11.4 Å². The number of rotatable bonds is 2. The van der Waals surface area contributed by atoms with Crippen LogP contribution in [0.2, 0.25) is 0 Å². The van der Waals surface area contributed by atoms with Crippen molar-refractivity contribution in [1.29, 1.82) is 0 Å². The van der Waals surface area contributed by atoms with Gasteiger partial charge in [0.2, 0.25) is 5.95 Å². The van der Waals surface area contributed by atoms with E-state index >= 15 is 0 Å². The van der Waals surface area contributed by atoms with E-state index in [9.17, 15) is 0 Å². The number of ether oxygens (including phenoxy) is 1. The lowest BCUT2D eigenvalue weighted by Crippen LogP contribution is -2.37. The van der Waals surface area contributed by atoms with E-state index in [0.29, 0.717) is 13.2 Å². The first kappa shape index (κ1) is 14.3. The molecule has 1 fully saturated rings. The zero-order valence-electron chi connectivity index (χ0n) is 13.5. The molecule has 7 heteroatoms. The van der Waals surface area contributed by atoms with Crippen molar-refractivity contribution in [3.63, 3.8) is 0 Å². The summed E-state index contributed by atoms with van der Waals surface area (Å²) in [5, 5.41) is 2.14. The lowest BCUT2D eigenvalue weighted by atomic mass is 10.2. The summed E-state index contributed by atoms with van der Waals surface area (Å²) in [6, 6.07) is 7.91. The highest BCUT2D eigenvalue weighted by atomic mass is 16.5. The lowest BCUT2D eigenvalue weighted by Gasteiger charge is -2.26. The molecule has 7 nitrogen and oxygen atoms in total. The van der Waals surface area contributed by atoms with Crippen LogP contribution in [0.15, 0.2) is 42.9 Å². The summed E-state index contributed by atoms with van der Waals surface area (Å²) in [4.78, 5) is 23.5. The van der Waals surface area contributed by atoms with Gasteiger partial charge >= 0.3 is 0 Å². The average molecular weight is 332 g/mol. The molecule has 25 heavy (non-hydrogen) atoms. The van der Waals surface area contributed by atoms with Crippen LogP contribution in [-0.2, 0) is 4.74 Å². The van der Waals surface area contributed by atoms with Crippen molar-refractivity contribution in [1.82, 2.24) is 24.9 Å². The first-order chi connectivity index (χ1) is 12.4. The second-order valence-corrected chi connectivity index (χ2v) is 5.98. The molecule has 0 saturated carbocycles. The highest BCUT2D eigenvalue weighted by molar-refractivity contribution is 6.05. The second-order valence-electron chi connectivity index (χ2n) is 5.98. The third-order valence-electron chi connectivity index (χ3n) is 4.46. The molecule has 5 rings (SSSR count). The molecule has 5 heterocycles. The molecule has 4 aromatic rings. The summed E-state index contributed by atoms with van der Waals surface area (Å²) in [5.74, 6) is 0.726. The number of hydrogen-bond donors (Lipinski definition) is 1. The third-order valence-corrected chi connectivity index (χ3v) is 4.46. The molecule has 0 aliphatic carbocycles. The van der Waals surface area contributed by atoms with Crippen LogP contribution in [0.25, 0.3) is 33.3 Å². The third kappa shape index (κ3) is 2.49. The van der Waals surface area contributed by atoms with Crippen LogP contribution in [-0.4, -0.2) is 51.2 Å². The minimum absolute atomic E-state index is 0.709. The molecule has 1 N–H and O–H groups in total. The Morgan fingerprint density at radius 2 is 1.80 bits per heavy atom. The second kappa shape index (κ2) is 5.78. The fourth-order valence-electron chi connectivity index (χ4n) is 3.17. The number of hydrogen-bond acceptors (Lipinski definition) is 6. The van der Waals surface area contributed by atoms with Crippen molar-refractivity contribution in [2.75, 3.05) is 31.2 Å². The van der Waals surface area contributed by atoms with E-state index in [1.807, 2.05) is 24.4 Å². The normalized spacial score (nSPS) is 15.1. The molecule has 0 spiro atoms. The Kier molecular flexibility index (Phi) is 3.31. The van der Waals surface area contributed by atoms with Gasteiger partial charge in [0.15, 0.2) is 0 Å². The zero-order chi connectivity index (χ0) is 16.6. The van der Waals surface area contributed by atoms with Crippen LogP contribution in [0.3, 0.4) is 0 Å². The lowest BCUT2D eigenvalue weighted by molar-refractivity contribution is 0.122. The highest BCUT2D eigenvalue weighted by Crippen LogP contribution is 2.26. The number of aromatic amines is 1. The highest BCUT2D eigenvalue weighted by Gasteiger charge is 2.15. The molecular weight excluding hydrogens is 316 g/mol. The Bertz CT molecular complexity index is 1050. The van der Waals surface area contributed by atoms with Crippen molar-refractivity contribution >= 4 is 27.9 Å². The van der Waals surface area contributed by atoms with Gasteiger partial charge < -0.3 is 14.6 Å². The van der Waals surface area contributed by atoms with E-state index in [4.69, 9.17) is 14.7 Å². The van der Waals surface area contributed by atoms with Crippen LogP contribution in [0.5, 0.6) is 0 Å². The molecule has 1 aliphatic rings. The minimum atomic E-state index is 0.709. The van der Waals surface area contributed by atoms with E-state index in [-0.39, 0.29) is 0 Å². The monoisotopic (exact) mass is 332 g/mol. The Morgan fingerprint density at radius 1 is 0.920 bits per heavy atom. The van der Waals surface area contributed by atoms with E-state index < -0.39 is 0 Å². The van der Waals surface area contributed by atoms with Crippen molar-refractivity contribution in [3.05, 3.63) is 42.9 Å². The number of pyridine rings is 2. The first-order valence-electron chi connectivity index (χ1n) is 8.27. The van der Waals surface area contributed by atoms with Gasteiger partial charge in [0.1, 0.15) is 5.65 Å². The van der Waals surface area contributed by atoms with Gasteiger partial charge in [0.25, 0.3) is 0 Å². The quantitative estimate of drug-likeness (QED) is 0.607. The van der Waals surface area contributed by atoms with E-state index in [0.717, 1.165) is 52.4 Å². The summed E-state index contributed by atoms with van der Waals surface area (Å²) >= 11 is 0. The van der Waals surface area contributed by atoms with Crippen molar-refractivity contribution in [2.24, 2.45) is 0 Å². The molecule has 4 aromatic heterocycles. The average Bonchev–Trinajstić information content (AvgIpc) is 3.06. The number of aromatic nitrogens is 5. The van der Waals surface area contributed by atoms with E-state index in [1.54, 1.807) is 12.4 Å². The molecule has 0 bridgehead atoms. The largest absolute Gasteiger partial charge is 0.378 e. The van der Waals surface area contributed by atoms with Crippen LogP contribution in [0.4, 0.5) is 5.95 Å². The number of morpholine rings is 1.